The van der Waals surface area contributed by atoms with Crippen molar-refractivity contribution in [2.75, 3.05) is 13.1 Å². The smallest absolute Gasteiger partial charge is 0.0233 e. The summed E-state index contributed by atoms with van der Waals surface area (Å²) in [5, 5.41) is 0. The van der Waals surface area contributed by atoms with Gasteiger partial charge in [-0.25, -0.2) is 0 Å². The van der Waals surface area contributed by atoms with Crippen molar-refractivity contribution in [3.05, 3.63) is 35.9 Å². The van der Waals surface area contributed by atoms with Crippen LogP contribution >= 0.6 is 0 Å². The van der Waals surface area contributed by atoms with E-state index in [4.69, 9.17) is 0 Å². The molecule has 1 saturated heterocycles. The minimum absolute atomic E-state index is 0.868. The van der Waals surface area contributed by atoms with Crippen LogP contribution in [0.2, 0.25) is 0 Å². The zero-order chi connectivity index (χ0) is 12.8. The fraction of sp³-hybridized carbons (Fsp3) is 0.647. The van der Waals surface area contributed by atoms with E-state index in [1.165, 1.54) is 44.3 Å². The summed E-state index contributed by atoms with van der Waals surface area (Å²) in [6, 6.07) is 10.9. The van der Waals surface area contributed by atoms with Gasteiger partial charge in [0.15, 0.2) is 0 Å². The fourth-order valence-electron chi connectivity index (χ4n) is 2.84. The standard InChI is InChI=1S/C17H27N/c1-15(2)8-9-16-10-12-18(13-11-16)14-17-6-4-3-5-7-17/h3-7,15-16H,8-14H2,1-2H3. The minimum atomic E-state index is 0.868. The SMILES string of the molecule is CC(C)CCC1CCN(Cc2ccccc2)CC1. The minimum Gasteiger partial charge on any atom is -0.299 e. The second kappa shape index (κ2) is 6.94. The Morgan fingerprint density at radius 2 is 1.78 bits per heavy atom. The summed E-state index contributed by atoms with van der Waals surface area (Å²) >= 11 is 0. The molecular formula is C17H27N. The molecule has 0 aromatic heterocycles. The molecule has 0 unspecified atom stereocenters. The maximum absolute atomic E-state index is 2.61. The van der Waals surface area contributed by atoms with E-state index in [1.54, 1.807) is 0 Å². The molecule has 0 radical (unpaired) electrons. The highest BCUT2D eigenvalue weighted by Crippen LogP contribution is 2.24. The fourth-order valence-corrected chi connectivity index (χ4v) is 2.84. The zero-order valence-electron chi connectivity index (χ0n) is 11.9. The second-order valence-electron chi connectivity index (χ2n) is 6.18. The quantitative estimate of drug-likeness (QED) is 0.746. The number of nitrogens with zero attached hydrogens (tertiary/aromatic N) is 1. The lowest BCUT2D eigenvalue weighted by atomic mass is 9.89. The maximum Gasteiger partial charge on any atom is 0.0233 e. The average Bonchev–Trinajstić information content (AvgIpc) is 2.39. The molecule has 0 saturated carbocycles. The number of hydrogen-bond acceptors (Lipinski definition) is 1. The Bertz CT molecular complexity index is 323. The van der Waals surface area contributed by atoms with Crippen molar-refractivity contribution in [2.45, 2.75) is 46.1 Å². The van der Waals surface area contributed by atoms with Crippen molar-refractivity contribution >= 4 is 0 Å². The van der Waals surface area contributed by atoms with Crippen molar-refractivity contribution in [1.29, 1.82) is 0 Å². The monoisotopic (exact) mass is 245 g/mol. The molecule has 1 aromatic carbocycles. The van der Waals surface area contributed by atoms with Gasteiger partial charge in [-0.15, -0.1) is 0 Å². The Morgan fingerprint density at radius 1 is 1.11 bits per heavy atom. The molecule has 0 aliphatic carbocycles. The topological polar surface area (TPSA) is 3.24 Å². The van der Waals surface area contributed by atoms with Crippen LogP contribution in [0.3, 0.4) is 0 Å². The van der Waals surface area contributed by atoms with Crippen LogP contribution in [-0.4, -0.2) is 18.0 Å². The molecule has 0 bridgehead atoms. The molecule has 100 valence electrons. The van der Waals surface area contributed by atoms with Crippen LogP contribution in [0.25, 0.3) is 0 Å². The first-order chi connectivity index (χ1) is 8.74. The van der Waals surface area contributed by atoms with E-state index >= 15 is 0 Å². The van der Waals surface area contributed by atoms with Crippen LogP contribution in [-0.2, 0) is 6.54 Å². The number of likely N-dealkylation sites (tertiary alicyclic amines) is 1. The van der Waals surface area contributed by atoms with Crippen molar-refractivity contribution in [3.63, 3.8) is 0 Å². The predicted octanol–water partition coefficient (Wildman–Crippen LogP) is 4.33. The molecule has 0 atom stereocenters. The van der Waals surface area contributed by atoms with Gasteiger partial charge < -0.3 is 0 Å². The Morgan fingerprint density at radius 3 is 2.39 bits per heavy atom. The summed E-state index contributed by atoms with van der Waals surface area (Å²) in [7, 11) is 0. The molecule has 1 fully saturated rings. The van der Waals surface area contributed by atoms with Crippen LogP contribution in [0.1, 0.15) is 45.1 Å². The lowest BCUT2D eigenvalue weighted by Crippen LogP contribution is -2.33. The van der Waals surface area contributed by atoms with E-state index in [2.05, 4.69) is 49.1 Å². The third-order valence-corrected chi connectivity index (χ3v) is 4.11. The van der Waals surface area contributed by atoms with E-state index in [0.717, 1.165) is 18.4 Å². The molecule has 1 aliphatic rings. The Hall–Kier alpha value is -0.820. The molecular weight excluding hydrogens is 218 g/mol. The summed E-state index contributed by atoms with van der Waals surface area (Å²) in [5.41, 5.74) is 1.46. The van der Waals surface area contributed by atoms with Crippen molar-refractivity contribution in [2.24, 2.45) is 11.8 Å². The summed E-state index contributed by atoms with van der Waals surface area (Å²) in [5.74, 6) is 1.85. The molecule has 1 aromatic rings. The zero-order valence-corrected chi connectivity index (χ0v) is 11.9. The molecule has 1 nitrogen and oxygen atoms in total. The van der Waals surface area contributed by atoms with Crippen molar-refractivity contribution < 1.29 is 0 Å². The van der Waals surface area contributed by atoms with Gasteiger partial charge in [-0.3, -0.25) is 4.90 Å². The summed E-state index contributed by atoms with van der Waals surface area (Å²) < 4.78 is 0. The second-order valence-corrected chi connectivity index (χ2v) is 6.18. The highest BCUT2D eigenvalue weighted by molar-refractivity contribution is 5.14. The van der Waals surface area contributed by atoms with E-state index in [9.17, 15) is 0 Å². The van der Waals surface area contributed by atoms with Gasteiger partial charge in [-0.05, 0) is 43.3 Å². The maximum atomic E-state index is 2.61. The first-order valence-corrected chi connectivity index (χ1v) is 7.50. The number of piperidine rings is 1. The van der Waals surface area contributed by atoms with Gasteiger partial charge >= 0.3 is 0 Å². The van der Waals surface area contributed by atoms with Crippen LogP contribution in [0.15, 0.2) is 30.3 Å². The van der Waals surface area contributed by atoms with Gasteiger partial charge in [0.2, 0.25) is 0 Å². The highest BCUT2D eigenvalue weighted by atomic mass is 15.1. The molecule has 0 spiro atoms. The molecule has 18 heavy (non-hydrogen) atoms. The van der Waals surface area contributed by atoms with Crippen LogP contribution in [0.5, 0.6) is 0 Å². The lowest BCUT2D eigenvalue weighted by molar-refractivity contribution is 0.168. The van der Waals surface area contributed by atoms with Gasteiger partial charge in [0.25, 0.3) is 0 Å². The summed E-state index contributed by atoms with van der Waals surface area (Å²) in [6.45, 7) is 8.39. The molecule has 1 heterocycles. The highest BCUT2D eigenvalue weighted by Gasteiger charge is 2.19. The Balaban J connectivity index is 1.70. The van der Waals surface area contributed by atoms with Crippen LogP contribution < -0.4 is 0 Å². The largest absolute Gasteiger partial charge is 0.299 e. The van der Waals surface area contributed by atoms with E-state index in [1.807, 2.05) is 0 Å². The van der Waals surface area contributed by atoms with Gasteiger partial charge in [-0.2, -0.15) is 0 Å². The average molecular weight is 245 g/mol. The van der Waals surface area contributed by atoms with Gasteiger partial charge in [0.1, 0.15) is 0 Å². The van der Waals surface area contributed by atoms with Crippen molar-refractivity contribution in [1.82, 2.24) is 4.90 Å². The lowest BCUT2D eigenvalue weighted by Gasteiger charge is -2.32. The first-order valence-electron chi connectivity index (χ1n) is 7.50. The molecule has 0 N–H and O–H groups in total. The summed E-state index contributed by atoms with van der Waals surface area (Å²) in [4.78, 5) is 2.61. The molecule has 1 heteroatoms. The van der Waals surface area contributed by atoms with Gasteiger partial charge in [-0.1, -0.05) is 57.0 Å². The Kier molecular flexibility index (Phi) is 5.25. The predicted molar refractivity (Wildman–Crippen MR) is 78.5 cm³/mol. The Labute approximate surface area is 112 Å². The number of hydrogen-bond donors (Lipinski definition) is 0. The number of rotatable bonds is 5. The van der Waals surface area contributed by atoms with Gasteiger partial charge in [0, 0.05) is 6.54 Å². The van der Waals surface area contributed by atoms with Gasteiger partial charge in [0.05, 0.1) is 0 Å². The van der Waals surface area contributed by atoms with E-state index < -0.39 is 0 Å². The third-order valence-electron chi connectivity index (χ3n) is 4.11. The third kappa shape index (κ3) is 4.45. The van der Waals surface area contributed by atoms with E-state index in [-0.39, 0.29) is 0 Å². The van der Waals surface area contributed by atoms with Crippen molar-refractivity contribution in [3.8, 4) is 0 Å². The molecule has 0 amide bonds. The first kappa shape index (κ1) is 13.6. The van der Waals surface area contributed by atoms with E-state index in [0.29, 0.717) is 0 Å². The molecule has 2 rings (SSSR count). The molecule has 1 aliphatic heterocycles. The summed E-state index contributed by atoms with van der Waals surface area (Å²) in [6.07, 6.45) is 5.65. The van der Waals surface area contributed by atoms with Crippen LogP contribution in [0, 0.1) is 11.8 Å². The number of benzene rings is 1. The normalized spacial score (nSPS) is 18.4. The van der Waals surface area contributed by atoms with Crippen LogP contribution in [0.4, 0.5) is 0 Å².